The Kier molecular flexibility index (Phi) is 6.86. The molecule has 0 aliphatic carbocycles. The maximum Gasteiger partial charge on any atom is 0.256 e. The Morgan fingerprint density at radius 3 is 1.86 bits per heavy atom. The smallest absolute Gasteiger partial charge is 0.256 e. The second kappa shape index (κ2) is 9.75. The molecule has 0 radical (unpaired) electrons. The molecule has 1 heterocycles. The van der Waals surface area contributed by atoms with E-state index in [4.69, 9.17) is 9.47 Å². The molecule has 6 nitrogen and oxygen atoms in total. The maximum absolute atomic E-state index is 12.6. The Balaban J connectivity index is 1.92. The van der Waals surface area contributed by atoms with Crippen LogP contribution < -0.4 is 20.1 Å². The Morgan fingerprint density at radius 2 is 1.38 bits per heavy atom. The third-order valence-electron chi connectivity index (χ3n) is 4.00. The fraction of sp³-hybridized carbons (Fsp3) is 0.182. The molecule has 3 aromatic rings. The van der Waals surface area contributed by atoms with Crippen LogP contribution >= 0.6 is 11.3 Å². The fourth-order valence-corrected chi connectivity index (χ4v) is 3.31. The van der Waals surface area contributed by atoms with E-state index < -0.39 is 0 Å². The summed E-state index contributed by atoms with van der Waals surface area (Å²) in [5.41, 5.74) is 2.04. The Morgan fingerprint density at radius 1 is 0.828 bits per heavy atom. The summed E-state index contributed by atoms with van der Waals surface area (Å²) in [6.45, 7) is 4.51. The number of amides is 2. The van der Waals surface area contributed by atoms with Crippen LogP contribution in [-0.4, -0.2) is 25.0 Å². The van der Waals surface area contributed by atoms with Crippen LogP contribution in [0.1, 0.15) is 34.6 Å². The molecule has 0 aliphatic heterocycles. The highest BCUT2D eigenvalue weighted by atomic mass is 32.1. The highest BCUT2D eigenvalue weighted by molar-refractivity contribution is 7.08. The van der Waals surface area contributed by atoms with Gasteiger partial charge >= 0.3 is 0 Å². The summed E-state index contributed by atoms with van der Waals surface area (Å²) in [4.78, 5) is 25.1. The van der Waals surface area contributed by atoms with E-state index in [1.807, 2.05) is 25.3 Å². The quantitative estimate of drug-likeness (QED) is 0.545. The lowest BCUT2D eigenvalue weighted by Gasteiger charge is -2.17. The van der Waals surface area contributed by atoms with Gasteiger partial charge in [-0.15, -0.1) is 0 Å². The summed E-state index contributed by atoms with van der Waals surface area (Å²) in [6, 6.07) is 14.0. The summed E-state index contributed by atoms with van der Waals surface area (Å²) in [5.74, 6) is 0.392. The number of carbonyl (C=O) groups excluding carboxylic acids is 2. The molecule has 0 bridgehead atoms. The average molecular weight is 410 g/mol. The van der Waals surface area contributed by atoms with Gasteiger partial charge in [-0.05, 0) is 37.4 Å². The van der Waals surface area contributed by atoms with Crippen LogP contribution in [-0.2, 0) is 0 Å². The van der Waals surface area contributed by atoms with Crippen molar-refractivity contribution in [2.45, 2.75) is 13.8 Å². The number of thiophene rings is 1. The average Bonchev–Trinajstić information content (AvgIpc) is 3.27. The van der Waals surface area contributed by atoms with E-state index in [-0.39, 0.29) is 11.8 Å². The van der Waals surface area contributed by atoms with Gasteiger partial charge in [-0.25, -0.2) is 0 Å². The highest BCUT2D eigenvalue weighted by Crippen LogP contribution is 2.37. The van der Waals surface area contributed by atoms with Crippen LogP contribution in [0.3, 0.4) is 0 Å². The summed E-state index contributed by atoms with van der Waals surface area (Å²) < 4.78 is 11.4. The monoisotopic (exact) mass is 410 g/mol. The number of rotatable bonds is 8. The van der Waals surface area contributed by atoms with Crippen LogP contribution in [0.5, 0.6) is 11.5 Å². The van der Waals surface area contributed by atoms with Crippen molar-refractivity contribution in [1.29, 1.82) is 0 Å². The molecule has 7 heteroatoms. The van der Waals surface area contributed by atoms with Gasteiger partial charge in [0.05, 0.1) is 30.2 Å². The number of hydrogen-bond donors (Lipinski definition) is 2. The van der Waals surface area contributed by atoms with Gasteiger partial charge < -0.3 is 20.1 Å². The number of nitrogens with one attached hydrogen (secondary N) is 2. The molecular formula is C22H22N2O4S. The van der Waals surface area contributed by atoms with Crippen molar-refractivity contribution in [3.05, 3.63) is 70.4 Å². The molecule has 0 aliphatic rings. The molecule has 2 N–H and O–H groups in total. The molecule has 0 saturated carbocycles. The summed E-state index contributed by atoms with van der Waals surface area (Å²) in [6.07, 6.45) is 0. The number of ether oxygens (including phenoxy) is 2. The van der Waals surface area contributed by atoms with Crippen LogP contribution in [0.2, 0.25) is 0 Å². The largest absolute Gasteiger partial charge is 0.492 e. The summed E-state index contributed by atoms with van der Waals surface area (Å²) in [7, 11) is 0. The van der Waals surface area contributed by atoms with Gasteiger partial charge in [0.25, 0.3) is 11.8 Å². The van der Waals surface area contributed by atoms with E-state index in [2.05, 4.69) is 10.6 Å². The van der Waals surface area contributed by atoms with Crippen molar-refractivity contribution >= 4 is 34.5 Å². The number of hydrogen-bond acceptors (Lipinski definition) is 5. The van der Waals surface area contributed by atoms with E-state index in [1.165, 1.54) is 11.3 Å². The lowest BCUT2D eigenvalue weighted by atomic mass is 10.2. The van der Waals surface area contributed by atoms with Crippen LogP contribution in [0, 0.1) is 0 Å². The van der Waals surface area contributed by atoms with Gasteiger partial charge in [-0.1, -0.05) is 18.2 Å². The lowest BCUT2D eigenvalue weighted by molar-refractivity contribution is 0.101. The van der Waals surface area contributed by atoms with Gasteiger partial charge in [-0.2, -0.15) is 11.3 Å². The van der Waals surface area contributed by atoms with E-state index in [0.717, 1.165) is 0 Å². The fourth-order valence-electron chi connectivity index (χ4n) is 2.68. The SMILES string of the molecule is CCOc1cc(NC(=O)c2ccsc2)c(OCC)cc1NC(=O)c1ccccc1. The van der Waals surface area contributed by atoms with Gasteiger partial charge in [0, 0.05) is 23.1 Å². The predicted molar refractivity (Wildman–Crippen MR) is 115 cm³/mol. The van der Waals surface area contributed by atoms with Gasteiger partial charge in [0.15, 0.2) is 0 Å². The minimum atomic E-state index is -0.260. The van der Waals surface area contributed by atoms with E-state index in [9.17, 15) is 9.59 Å². The Hall–Kier alpha value is -3.32. The molecule has 150 valence electrons. The molecular weight excluding hydrogens is 388 g/mol. The first-order valence-electron chi connectivity index (χ1n) is 9.26. The lowest BCUT2D eigenvalue weighted by Crippen LogP contribution is -2.15. The normalized spacial score (nSPS) is 10.3. The van der Waals surface area contributed by atoms with Gasteiger partial charge in [-0.3, -0.25) is 9.59 Å². The molecule has 0 atom stereocenters. The first kappa shape index (κ1) is 20.4. The third kappa shape index (κ3) is 5.14. The van der Waals surface area contributed by atoms with E-state index >= 15 is 0 Å². The third-order valence-corrected chi connectivity index (χ3v) is 4.68. The van der Waals surface area contributed by atoms with Crippen LogP contribution in [0.15, 0.2) is 59.3 Å². The molecule has 0 unspecified atom stereocenters. The Bertz CT molecular complexity index is 972. The highest BCUT2D eigenvalue weighted by Gasteiger charge is 2.17. The first-order chi connectivity index (χ1) is 14.1. The van der Waals surface area contributed by atoms with Crippen molar-refractivity contribution in [1.82, 2.24) is 0 Å². The zero-order valence-corrected chi connectivity index (χ0v) is 17.0. The molecule has 3 rings (SSSR count). The molecule has 2 amide bonds. The van der Waals surface area contributed by atoms with Crippen LogP contribution in [0.4, 0.5) is 11.4 Å². The summed E-state index contributed by atoms with van der Waals surface area (Å²) >= 11 is 1.45. The zero-order valence-electron chi connectivity index (χ0n) is 16.2. The minimum absolute atomic E-state index is 0.240. The molecule has 29 heavy (non-hydrogen) atoms. The minimum Gasteiger partial charge on any atom is -0.492 e. The van der Waals surface area contributed by atoms with E-state index in [0.29, 0.717) is 47.2 Å². The molecule has 1 aromatic heterocycles. The molecule has 0 fully saturated rings. The number of anilines is 2. The first-order valence-corrected chi connectivity index (χ1v) is 10.2. The maximum atomic E-state index is 12.6. The van der Waals surface area contributed by atoms with Gasteiger partial charge in [0.1, 0.15) is 11.5 Å². The topological polar surface area (TPSA) is 76.7 Å². The van der Waals surface area contributed by atoms with Gasteiger partial charge in [0.2, 0.25) is 0 Å². The standard InChI is InChI=1S/C22H22N2O4S/c1-3-27-19-13-18(24-22(26)16-10-11-29-14-16)20(28-4-2)12-17(19)23-21(25)15-8-6-5-7-9-15/h5-14H,3-4H2,1-2H3,(H,23,25)(H,24,26). The van der Waals surface area contributed by atoms with Crippen molar-refractivity contribution in [3.8, 4) is 11.5 Å². The van der Waals surface area contributed by atoms with E-state index in [1.54, 1.807) is 47.8 Å². The Labute approximate surface area is 173 Å². The number of carbonyl (C=O) groups is 2. The molecule has 0 spiro atoms. The summed E-state index contributed by atoms with van der Waals surface area (Å²) in [5, 5.41) is 9.33. The molecule has 2 aromatic carbocycles. The molecule has 0 saturated heterocycles. The van der Waals surface area contributed by atoms with Crippen molar-refractivity contribution in [3.63, 3.8) is 0 Å². The van der Waals surface area contributed by atoms with Crippen molar-refractivity contribution < 1.29 is 19.1 Å². The van der Waals surface area contributed by atoms with Crippen molar-refractivity contribution in [2.24, 2.45) is 0 Å². The van der Waals surface area contributed by atoms with Crippen LogP contribution in [0.25, 0.3) is 0 Å². The second-order valence-corrected chi connectivity index (χ2v) is 6.78. The van der Waals surface area contributed by atoms with Crippen molar-refractivity contribution in [2.75, 3.05) is 23.8 Å². The predicted octanol–water partition coefficient (Wildman–Crippen LogP) is 5.05. The number of benzene rings is 2. The second-order valence-electron chi connectivity index (χ2n) is 6.00. The zero-order chi connectivity index (χ0) is 20.6.